The predicted octanol–water partition coefficient (Wildman–Crippen LogP) is 3.60. The van der Waals surface area contributed by atoms with E-state index < -0.39 is 5.97 Å². The van der Waals surface area contributed by atoms with Crippen molar-refractivity contribution in [2.75, 3.05) is 24.6 Å². The Bertz CT molecular complexity index is 1290. The fourth-order valence-electron chi connectivity index (χ4n) is 3.20. The number of aromatic nitrogens is 3. The number of carboxylic acid groups (broad SMARTS) is 1. The van der Waals surface area contributed by atoms with E-state index in [-0.39, 0.29) is 12.2 Å². The maximum absolute atomic E-state index is 11.2. The van der Waals surface area contributed by atoms with E-state index in [0.29, 0.717) is 38.9 Å². The Morgan fingerprint density at radius 2 is 1.90 bits per heavy atom. The van der Waals surface area contributed by atoms with Gasteiger partial charge in [0.05, 0.1) is 19.2 Å². The van der Waals surface area contributed by atoms with Crippen molar-refractivity contribution < 1.29 is 19.6 Å². The molecule has 0 fully saturated rings. The Morgan fingerprint density at radius 1 is 1.13 bits per heavy atom. The van der Waals surface area contributed by atoms with Crippen molar-refractivity contribution in [2.24, 2.45) is 17.3 Å². The molecule has 0 spiro atoms. The molecule has 0 atom stereocenters. The summed E-state index contributed by atoms with van der Waals surface area (Å²) in [4.78, 5) is 23.1. The normalized spacial score (nSPS) is 11.6. The molecule has 2 N–H and O–H groups in total. The van der Waals surface area contributed by atoms with Crippen molar-refractivity contribution in [1.29, 1.82) is 0 Å². The number of aryl methyl sites for hydroxylation is 1. The molecular weight excluding hydrogens is 416 g/mol. The van der Waals surface area contributed by atoms with Crippen LogP contribution in [0.3, 0.4) is 0 Å². The first-order valence-corrected chi connectivity index (χ1v) is 10.5. The number of thiazole rings is 1. The molecule has 10 heteroatoms. The minimum atomic E-state index is -1.00. The van der Waals surface area contributed by atoms with Crippen LogP contribution in [0.4, 0.5) is 16.5 Å². The molecule has 31 heavy (non-hydrogen) atoms. The third kappa shape index (κ3) is 4.21. The van der Waals surface area contributed by atoms with Crippen molar-refractivity contribution in [3.05, 3.63) is 48.0 Å². The van der Waals surface area contributed by atoms with E-state index in [1.165, 1.54) is 23.5 Å². The number of aliphatic hydroxyl groups excluding tert-OH is 1. The molecule has 158 valence electrons. The molecule has 0 bridgehead atoms. The average Bonchev–Trinajstić information content (AvgIpc) is 3.09. The molecule has 0 aliphatic heterocycles. The Balaban J connectivity index is 1.63. The molecule has 2 heterocycles. The topological polar surface area (TPSA) is 115 Å². The van der Waals surface area contributed by atoms with Crippen LogP contribution in [0.5, 0.6) is 0 Å². The van der Waals surface area contributed by atoms with Crippen molar-refractivity contribution in [3.63, 3.8) is 0 Å². The number of carbonyl (C=O) groups is 1. The molecule has 4 aromatic rings. The lowest BCUT2D eigenvalue weighted by Gasteiger charge is -2.21. The van der Waals surface area contributed by atoms with Crippen LogP contribution in [0.2, 0.25) is 0 Å². The number of rotatable bonds is 7. The predicted molar refractivity (Wildman–Crippen MR) is 119 cm³/mol. The summed E-state index contributed by atoms with van der Waals surface area (Å²) in [6, 6.07) is 12.4. The van der Waals surface area contributed by atoms with Crippen LogP contribution in [-0.4, -0.2) is 45.8 Å². The van der Waals surface area contributed by atoms with Crippen LogP contribution >= 0.6 is 11.3 Å². The number of hydrogen-bond acceptors (Lipinski definition) is 8. The lowest BCUT2D eigenvalue weighted by Crippen LogP contribution is -2.26. The number of nitrogens with zero attached hydrogens (tertiary/aromatic N) is 6. The first kappa shape index (κ1) is 20.8. The van der Waals surface area contributed by atoms with E-state index in [1.807, 2.05) is 38.2 Å². The minimum absolute atomic E-state index is 0.104. The van der Waals surface area contributed by atoms with E-state index in [0.717, 1.165) is 12.2 Å². The van der Waals surface area contributed by atoms with Gasteiger partial charge in [0, 0.05) is 23.9 Å². The molecule has 2 aromatic carbocycles. The fourth-order valence-corrected chi connectivity index (χ4v) is 4.10. The molecule has 0 unspecified atom stereocenters. The summed E-state index contributed by atoms with van der Waals surface area (Å²) in [5.41, 5.74) is 3.65. The number of aliphatic hydroxyl groups is 1. The third-order valence-electron chi connectivity index (χ3n) is 4.87. The number of benzene rings is 2. The summed E-state index contributed by atoms with van der Waals surface area (Å²) in [7, 11) is 1.83. The second-order valence-electron chi connectivity index (χ2n) is 6.82. The van der Waals surface area contributed by atoms with E-state index >= 15 is 0 Å². The van der Waals surface area contributed by atoms with Gasteiger partial charge >= 0.3 is 16.7 Å². The SMILES string of the molecule is CCN(CCO)c1ccc(N=Nc2sc3nc4ccc(C(=O)O)cc4nc3[n+]2C)cc1. The number of azo groups is 1. The summed E-state index contributed by atoms with van der Waals surface area (Å²) in [6.45, 7) is 3.53. The van der Waals surface area contributed by atoms with Crippen LogP contribution in [0.15, 0.2) is 52.7 Å². The highest BCUT2D eigenvalue weighted by atomic mass is 32.1. The molecule has 9 nitrogen and oxygen atoms in total. The zero-order chi connectivity index (χ0) is 22.0. The lowest BCUT2D eigenvalue weighted by atomic mass is 10.2. The third-order valence-corrected chi connectivity index (χ3v) is 5.88. The zero-order valence-electron chi connectivity index (χ0n) is 17.1. The van der Waals surface area contributed by atoms with Crippen molar-refractivity contribution in [3.8, 4) is 0 Å². The van der Waals surface area contributed by atoms with Crippen LogP contribution in [0.25, 0.3) is 21.5 Å². The standard InChI is InChI=1S/C21H20N6O3S/c1-3-27(10-11-28)15-7-5-14(6-8-15)24-25-21-26(2)18-19(31-21)23-16-9-4-13(20(29)30)12-17(16)22-18/h4-9,12,28H,3,10-11H2,1-2H3/p+1. The smallest absolute Gasteiger partial charge is 0.347 e. The van der Waals surface area contributed by atoms with Gasteiger partial charge in [-0.25, -0.2) is 14.3 Å². The number of anilines is 1. The molecule has 0 saturated carbocycles. The van der Waals surface area contributed by atoms with E-state index in [1.54, 1.807) is 10.6 Å². The van der Waals surface area contributed by atoms with Gasteiger partial charge in [-0.05, 0) is 60.7 Å². The highest BCUT2D eigenvalue weighted by Gasteiger charge is 2.20. The Morgan fingerprint density at radius 3 is 2.58 bits per heavy atom. The molecule has 0 radical (unpaired) electrons. The molecule has 0 aliphatic rings. The van der Waals surface area contributed by atoms with E-state index in [2.05, 4.69) is 25.1 Å². The van der Waals surface area contributed by atoms with Crippen molar-refractivity contribution in [1.82, 2.24) is 9.97 Å². The Labute approximate surface area is 182 Å². The van der Waals surface area contributed by atoms with Gasteiger partial charge in [-0.1, -0.05) is 10.1 Å². The molecule has 0 amide bonds. The molecular formula is C21H21N6O3S+. The minimum Gasteiger partial charge on any atom is -0.478 e. The van der Waals surface area contributed by atoms with Crippen LogP contribution in [-0.2, 0) is 7.05 Å². The van der Waals surface area contributed by atoms with Crippen LogP contribution in [0, 0.1) is 0 Å². The van der Waals surface area contributed by atoms with Gasteiger partial charge in [-0.3, -0.25) is 0 Å². The summed E-state index contributed by atoms with van der Waals surface area (Å²) < 4.78 is 1.79. The monoisotopic (exact) mass is 437 g/mol. The number of likely N-dealkylation sites (N-methyl/N-ethyl adjacent to an activating group) is 1. The van der Waals surface area contributed by atoms with Crippen LogP contribution in [0.1, 0.15) is 17.3 Å². The molecule has 4 rings (SSSR count). The van der Waals surface area contributed by atoms with Gasteiger partial charge in [0.25, 0.3) is 0 Å². The molecule has 0 aliphatic carbocycles. The van der Waals surface area contributed by atoms with Crippen molar-refractivity contribution in [2.45, 2.75) is 6.92 Å². The quantitative estimate of drug-likeness (QED) is 0.337. The molecule has 0 saturated heterocycles. The summed E-state index contributed by atoms with van der Waals surface area (Å²) >= 11 is 1.36. The second kappa shape index (κ2) is 8.70. The lowest BCUT2D eigenvalue weighted by molar-refractivity contribution is -0.629. The van der Waals surface area contributed by atoms with Crippen molar-refractivity contribution >= 4 is 55.3 Å². The number of fused-ring (bicyclic) bond motifs is 2. The van der Waals surface area contributed by atoms with E-state index in [9.17, 15) is 9.90 Å². The zero-order valence-corrected chi connectivity index (χ0v) is 17.9. The first-order valence-electron chi connectivity index (χ1n) is 9.71. The second-order valence-corrected chi connectivity index (χ2v) is 7.78. The maximum Gasteiger partial charge on any atom is 0.347 e. The van der Waals surface area contributed by atoms with Gasteiger partial charge in [0.15, 0.2) is 10.3 Å². The van der Waals surface area contributed by atoms with E-state index in [4.69, 9.17) is 5.11 Å². The van der Waals surface area contributed by atoms with Gasteiger partial charge in [-0.2, -0.15) is 0 Å². The summed E-state index contributed by atoms with van der Waals surface area (Å²) in [5.74, 6) is -1.00. The molecule has 2 aromatic heterocycles. The number of hydrogen-bond donors (Lipinski definition) is 2. The largest absolute Gasteiger partial charge is 0.478 e. The van der Waals surface area contributed by atoms with Crippen LogP contribution < -0.4 is 9.47 Å². The number of aromatic carboxylic acids is 1. The summed E-state index contributed by atoms with van der Waals surface area (Å²) in [6.07, 6.45) is 0. The van der Waals surface area contributed by atoms with Gasteiger partial charge < -0.3 is 15.1 Å². The van der Waals surface area contributed by atoms with Gasteiger partial charge in [-0.15, -0.1) is 0 Å². The first-order chi connectivity index (χ1) is 15.0. The maximum atomic E-state index is 11.2. The number of carboxylic acids is 1. The fraction of sp³-hybridized carbons (Fsp3) is 0.238. The van der Waals surface area contributed by atoms with Gasteiger partial charge in [0.1, 0.15) is 11.2 Å². The van der Waals surface area contributed by atoms with Gasteiger partial charge in [0.2, 0.25) is 0 Å². The average molecular weight is 438 g/mol. The highest BCUT2D eigenvalue weighted by molar-refractivity contribution is 7.20. The highest BCUT2D eigenvalue weighted by Crippen LogP contribution is 2.28. The Hall–Kier alpha value is -3.50. The Kier molecular flexibility index (Phi) is 5.83. The summed E-state index contributed by atoms with van der Waals surface area (Å²) in [5, 5.41) is 27.7.